The highest BCUT2D eigenvalue weighted by atomic mass is 16.2. The van der Waals surface area contributed by atoms with Crippen LogP contribution in [-0.4, -0.2) is 29.7 Å². The van der Waals surface area contributed by atoms with Gasteiger partial charge in [-0.15, -0.1) is 0 Å². The number of rotatable bonds is 4. The predicted octanol–water partition coefficient (Wildman–Crippen LogP) is 2.16. The molecule has 0 radical (unpaired) electrons. The van der Waals surface area contributed by atoms with Crippen LogP contribution in [-0.2, 0) is 4.79 Å². The van der Waals surface area contributed by atoms with E-state index in [1.807, 2.05) is 17.9 Å². The number of nitrogens with zero attached hydrogens (tertiary/aromatic N) is 1. The van der Waals surface area contributed by atoms with Crippen molar-refractivity contribution >= 4 is 17.4 Å². The van der Waals surface area contributed by atoms with Gasteiger partial charge >= 0.3 is 0 Å². The van der Waals surface area contributed by atoms with Gasteiger partial charge in [0.2, 0.25) is 5.91 Å². The highest BCUT2D eigenvalue weighted by Crippen LogP contribution is 2.16. The second kappa shape index (κ2) is 5.87. The van der Waals surface area contributed by atoms with E-state index in [-0.39, 0.29) is 18.1 Å². The van der Waals surface area contributed by atoms with E-state index >= 15 is 0 Å². The molecular formula is C15H20N2O2. The van der Waals surface area contributed by atoms with Gasteiger partial charge in [-0.3, -0.25) is 9.59 Å². The first-order chi connectivity index (χ1) is 9.08. The lowest BCUT2D eigenvalue weighted by molar-refractivity contribution is -0.130. The summed E-state index contributed by atoms with van der Waals surface area (Å²) in [4.78, 5) is 25.7. The number of carbonyl (C=O) groups excluding carboxylic acids is 2. The number of Topliss-reactive ketones (excluding diaryl/α,β-unsaturated/α-hetero) is 1. The molecule has 0 saturated carbocycles. The van der Waals surface area contributed by atoms with Gasteiger partial charge in [-0.05, 0) is 31.4 Å². The largest absolute Gasteiger partial charge is 0.398 e. The Hall–Kier alpha value is -1.84. The molecule has 19 heavy (non-hydrogen) atoms. The van der Waals surface area contributed by atoms with E-state index in [2.05, 4.69) is 0 Å². The summed E-state index contributed by atoms with van der Waals surface area (Å²) in [5.74, 6) is 0.0742. The number of carbonyl (C=O) groups is 2. The average molecular weight is 260 g/mol. The van der Waals surface area contributed by atoms with Crippen molar-refractivity contribution in [3.8, 4) is 0 Å². The van der Waals surface area contributed by atoms with Gasteiger partial charge in [-0.25, -0.2) is 0 Å². The molecule has 0 bridgehead atoms. The van der Waals surface area contributed by atoms with Crippen LogP contribution in [0.2, 0.25) is 0 Å². The lowest BCUT2D eigenvalue weighted by atomic mass is 10.0. The number of aryl methyl sites for hydroxylation is 1. The highest BCUT2D eigenvalue weighted by Gasteiger charge is 2.18. The molecule has 1 heterocycles. The van der Waals surface area contributed by atoms with E-state index in [1.54, 1.807) is 12.1 Å². The molecule has 1 aliphatic rings. The first-order valence-electron chi connectivity index (χ1n) is 6.75. The van der Waals surface area contributed by atoms with Crippen LogP contribution in [0.5, 0.6) is 0 Å². The molecule has 0 aromatic heterocycles. The molecule has 0 atom stereocenters. The van der Waals surface area contributed by atoms with E-state index in [0.29, 0.717) is 17.7 Å². The molecule has 1 amide bonds. The van der Waals surface area contributed by atoms with Crippen LogP contribution < -0.4 is 5.73 Å². The summed E-state index contributed by atoms with van der Waals surface area (Å²) in [7, 11) is 0. The van der Waals surface area contributed by atoms with Crippen molar-refractivity contribution in [1.82, 2.24) is 4.90 Å². The van der Waals surface area contributed by atoms with Gasteiger partial charge in [0.25, 0.3) is 0 Å². The number of nitrogen functional groups attached to an aromatic ring is 1. The smallest absolute Gasteiger partial charge is 0.223 e. The molecule has 0 spiro atoms. The van der Waals surface area contributed by atoms with Gasteiger partial charge in [0, 0.05) is 37.2 Å². The number of ketones is 1. The van der Waals surface area contributed by atoms with Crippen molar-refractivity contribution < 1.29 is 9.59 Å². The van der Waals surface area contributed by atoms with Crippen molar-refractivity contribution in [2.24, 2.45) is 0 Å². The van der Waals surface area contributed by atoms with Gasteiger partial charge in [0.05, 0.1) is 0 Å². The molecule has 1 saturated heterocycles. The summed E-state index contributed by atoms with van der Waals surface area (Å²) in [5.41, 5.74) is 7.97. The quantitative estimate of drug-likeness (QED) is 0.666. The van der Waals surface area contributed by atoms with Gasteiger partial charge in [-0.2, -0.15) is 0 Å². The minimum atomic E-state index is -0.0146. The Morgan fingerprint density at radius 1 is 1.21 bits per heavy atom. The van der Waals surface area contributed by atoms with E-state index in [1.165, 1.54) is 0 Å². The van der Waals surface area contributed by atoms with E-state index in [0.717, 1.165) is 31.5 Å². The fraction of sp³-hybridized carbons (Fsp3) is 0.467. The summed E-state index contributed by atoms with van der Waals surface area (Å²) in [6.45, 7) is 3.58. The molecule has 2 N–H and O–H groups in total. The predicted molar refractivity (Wildman–Crippen MR) is 75.0 cm³/mol. The molecule has 1 aromatic carbocycles. The lowest BCUT2D eigenvalue weighted by Gasteiger charge is -2.14. The zero-order valence-corrected chi connectivity index (χ0v) is 11.3. The van der Waals surface area contributed by atoms with Crippen LogP contribution in [0.1, 0.15) is 41.6 Å². The molecule has 4 heteroatoms. The molecule has 4 nitrogen and oxygen atoms in total. The molecule has 2 rings (SSSR count). The maximum Gasteiger partial charge on any atom is 0.223 e. The minimum absolute atomic E-state index is 0.0146. The van der Waals surface area contributed by atoms with Crippen LogP contribution in [0.4, 0.5) is 5.69 Å². The van der Waals surface area contributed by atoms with Gasteiger partial charge in [0.1, 0.15) is 0 Å². The zero-order chi connectivity index (χ0) is 13.8. The van der Waals surface area contributed by atoms with Crippen molar-refractivity contribution in [1.29, 1.82) is 0 Å². The van der Waals surface area contributed by atoms with Crippen LogP contribution in [0.15, 0.2) is 18.2 Å². The molecule has 1 aliphatic heterocycles. The van der Waals surface area contributed by atoms with Gasteiger partial charge < -0.3 is 10.6 Å². The molecule has 1 aromatic rings. The fourth-order valence-electron chi connectivity index (χ4n) is 2.30. The number of amides is 1. The number of benzene rings is 1. The van der Waals surface area contributed by atoms with Crippen LogP contribution >= 0.6 is 0 Å². The average Bonchev–Trinajstić information content (AvgIpc) is 2.92. The van der Waals surface area contributed by atoms with Crippen LogP contribution in [0.3, 0.4) is 0 Å². The monoisotopic (exact) mass is 260 g/mol. The molecule has 0 aliphatic carbocycles. The van der Waals surface area contributed by atoms with Crippen molar-refractivity contribution in [3.05, 3.63) is 29.3 Å². The Morgan fingerprint density at radius 2 is 1.89 bits per heavy atom. The second-order valence-corrected chi connectivity index (χ2v) is 5.08. The summed E-state index contributed by atoms with van der Waals surface area (Å²) in [5, 5.41) is 0. The SMILES string of the molecule is Cc1ccc(C(=O)CCC(=O)N2CCCC2)cc1N. The summed E-state index contributed by atoms with van der Waals surface area (Å²) in [6.07, 6.45) is 2.72. The van der Waals surface area contributed by atoms with E-state index < -0.39 is 0 Å². The number of hydrogen-bond donors (Lipinski definition) is 1. The second-order valence-electron chi connectivity index (χ2n) is 5.08. The van der Waals surface area contributed by atoms with Gasteiger partial charge in [-0.1, -0.05) is 12.1 Å². The summed E-state index contributed by atoms with van der Waals surface area (Å²) >= 11 is 0. The Bertz CT molecular complexity index is 491. The maximum absolute atomic E-state index is 12.0. The van der Waals surface area contributed by atoms with Gasteiger partial charge in [0.15, 0.2) is 5.78 Å². The Balaban J connectivity index is 1.90. The Kier molecular flexibility index (Phi) is 4.20. The lowest BCUT2D eigenvalue weighted by Crippen LogP contribution is -2.27. The number of hydrogen-bond acceptors (Lipinski definition) is 3. The zero-order valence-electron chi connectivity index (χ0n) is 11.3. The standard InChI is InChI=1S/C15H20N2O2/c1-11-4-5-12(10-13(11)16)14(18)6-7-15(19)17-8-2-3-9-17/h4-5,10H,2-3,6-9,16H2,1H3. The number of likely N-dealkylation sites (tertiary alicyclic amines) is 1. The number of nitrogens with two attached hydrogens (primary N) is 1. The van der Waals surface area contributed by atoms with Crippen LogP contribution in [0.25, 0.3) is 0 Å². The first-order valence-corrected chi connectivity index (χ1v) is 6.75. The van der Waals surface area contributed by atoms with Crippen molar-refractivity contribution in [3.63, 3.8) is 0 Å². The number of anilines is 1. The third-order valence-electron chi connectivity index (χ3n) is 3.63. The van der Waals surface area contributed by atoms with Crippen LogP contribution in [0, 0.1) is 6.92 Å². The first kappa shape index (κ1) is 13.6. The third kappa shape index (κ3) is 3.34. The van der Waals surface area contributed by atoms with E-state index in [4.69, 9.17) is 5.73 Å². The maximum atomic E-state index is 12.0. The highest BCUT2D eigenvalue weighted by molar-refractivity contribution is 5.98. The molecule has 0 unspecified atom stereocenters. The molecule has 102 valence electrons. The molecular weight excluding hydrogens is 240 g/mol. The Morgan fingerprint density at radius 3 is 2.53 bits per heavy atom. The minimum Gasteiger partial charge on any atom is -0.398 e. The summed E-state index contributed by atoms with van der Waals surface area (Å²) < 4.78 is 0. The van der Waals surface area contributed by atoms with Crippen molar-refractivity contribution in [2.45, 2.75) is 32.6 Å². The molecule has 1 fully saturated rings. The third-order valence-corrected chi connectivity index (χ3v) is 3.63. The fourth-order valence-corrected chi connectivity index (χ4v) is 2.30. The van der Waals surface area contributed by atoms with Crippen molar-refractivity contribution in [2.75, 3.05) is 18.8 Å². The topological polar surface area (TPSA) is 63.4 Å². The Labute approximate surface area is 113 Å². The summed E-state index contributed by atoms with van der Waals surface area (Å²) in [6, 6.07) is 5.30. The van der Waals surface area contributed by atoms with E-state index in [9.17, 15) is 9.59 Å². The normalized spacial score (nSPS) is 14.7.